The molecule has 0 atom stereocenters. The number of aryl methyl sites for hydroxylation is 3. The van der Waals surface area contributed by atoms with Crippen LogP contribution in [0.2, 0.25) is 0 Å². The van der Waals surface area contributed by atoms with Gasteiger partial charge < -0.3 is 4.74 Å². The van der Waals surface area contributed by atoms with Crippen molar-refractivity contribution >= 4 is 11.0 Å². The molecule has 6 aromatic rings. The van der Waals surface area contributed by atoms with Gasteiger partial charge >= 0.3 is 0 Å². The van der Waals surface area contributed by atoms with Gasteiger partial charge in [0.1, 0.15) is 22.9 Å². The Morgan fingerprint density at radius 3 is 2.20 bits per heavy atom. The van der Waals surface area contributed by atoms with Crippen LogP contribution in [0.15, 0.2) is 110 Å². The number of para-hydroxylation sites is 2. The third-order valence-corrected chi connectivity index (χ3v) is 7.60. The first kappa shape index (κ1) is 26.5. The molecule has 0 spiro atoms. The van der Waals surface area contributed by atoms with Gasteiger partial charge in [0.15, 0.2) is 11.0 Å². The maximum Gasteiger partial charge on any atom is 0.255 e. The summed E-state index contributed by atoms with van der Waals surface area (Å²) in [6.07, 6.45) is 4.07. The molecule has 0 saturated heterocycles. The number of imidazole rings is 1. The van der Waals surface area contributed by atoms with Crippen molar-refractivity contribution in [2.24, 2.45) is 0 Å². The van der Waals surface area contributed by atoms with E-state index in [1.54, 1.807) is 0 Å². The second kappa shape index (κ2) is 10.4. The average molecular weight is 539 g/mol. The van der Waals surface area contributed by atoms with E-state index in [1.165, 1.54) is 27.9 Å². The Morgan fingerprint density at radius 2 is 1.44 bits per heavy atom. The molecule has 4 nitrogen and oxygen atoms in total. The van der Waals surface area contributed by atoms with Gasteiger partial charge in [0.2, 0.25) is 0 Å². The van der Waals surface area contributed by atoms with Crippen LogP contribution in [-0.2, 0) is 5.41 Å². The molecule has 0 radical (unpaired) electrons. The zero-order chi connectivity index (χ0) is 28.7. The first-order valence-corrected chi connectivity index (χ1v) is 14.1. The van der Waals surface area contributed by atoms with Crippen molar-refractivity contribution < 1.29 is 9.30 Å². The molecule has 0 amide bonds. The number of pyridine rings is 1. The number of rotatable bonds is 5. The van der Waals surface area contributed by atoms with Gasteiger partial charge in [-0.25, -0.2) is 0 Å². The Kier molecular flexibility index (Phi) is 6.70. The Bertz CT molecular complexity index is 1870. The van der Waals surface area contributed by atoms with E-state index in [1.807, 2.05) is 30.5 Å². The molecule has 0 aliphatic heterocycles. The standard InChI is InChI=1S/C37H36N3O/c1-25-19-26(2)36(27(3)20-25)40-24-39(34-15-7-8-16-35(34)40)30-12-10-14-32(23-30)41-31-13-9-11-28(21-31)33-22-29(17-18-38-33)37(4,5)6/h7-24H,1-6H3/q+1. The highest BCUT2D eigenvalue weighted by molar-refractivity contribution is 5.75. The van der Waals surface area contributed by atoms with Crippen LogP contribution in [0, 0.1) is 20.8 Å². The highest BCUT2D eigenvalue weighted by Gasteiger charge is 2.22. The fourth-order valence-corrected chi connectivity index (χ4v) is 5.65. The minimum absolute atomic E-state index is 0.0594. The van der Waals surface area contributed by atoms with Crippen LogP contribution in [0.25, 0.3) is 33.7 Å². The lowest BCUT2D eigenvalue weighted by Crippen LogP contribution is -2.31. The van der Waals surface area contributed by atoms with Crippen LogP contribution < -0.4 is 9.30 Å². The van der Waals surface area contributed by atoms with E-state index in [4.69, 9.17) is 4.74 Å². The Morgan fingerprint density at radius 1 is 0.732 bits per heavy atom. The molecule has 0 aliphatic rings. The Balaban J connectivity index is 1.36. The van der Waals surface area contributed by atoms with Gasteiger partial charge in [0, 0.05) is 17.8 Å². The molecule has 0 saturated carbocycles. The first-order valence-electron chi connectivity index (χ1n) is 14.1. The SMILES string of the molecule is Cc1cc(C)c(-[n+]2cn(-c3cccc(Oc4cccc(-c5cc(C(C)(C)C)ccn5)c4)c3)c3ccccc32)c(C)c1. The predicted octanol–water partition coefficient (Wildman–Crippen LogP) is 8.98. The quantitative estimate of drug-likeness (QED) is 0.205. The van der Waals surface area contributed by atoms with Crippen molar-refractivity contribution in [3.8, 4) is 34.1 Å². The summed E-state index contributed by atoms with van der Waals surface area (Å²) in [5.41, 5.74) is 11.6. The largest absolute Gasteiger partial charge is 0.457 e. The van der Waals surface area contributed by atoms with Crippen molar-refractivity contribution in [3.05, 3.63) is 132 Å². The van der Waals surface area contributed by atoms with Gasteiger partial charge in [0.05, 0.1) is 5.69 Å². The maximum atomic E-state index is 6.41. The molecule has 0 unspecified atom stereocenters. The van der Waals surface area contributed by atoms with Gasteiger partial charge in [-0.3, -0.25) is 4.98 Å². The summed E-state index contributed by atoms with van der Waals surface area (Å²) in [5, 5.41) is 0. The third kappa shape index (κ3) is 5.26. The molecule has 4 heteroatoms. The van der Waals surface area contributed by atoms with Crippen molar-refractivity contribution in [3.63, 3.8) is 0 Å². The van der Waals surface area contributed by atoms with Crippen LogP contribution in [0.3, 0.4) is 0 Å². The third-order valence-electron chi connectivity index (χ3n) is 7.60. The van der Waals surface area contributed by atoms with Crippen molar-refractivity contribution in [1.29, 1.82) is 0 Å². The minimum Gasteiger partial charge on any atom is -0.457 e. The summed E-state index contributed by atoms with van der Waals surface area (Å²) in [7, 11) is 0. The average Bonchev–Trinajstić information content (AvgIpc) is 3.32. The number of nitrogens with zero attached hydrogens (tertiary/aromatic N) is 3. The highest BCUT2D eigenvalue weighted by Crippen LogP contribution is 2.31. The fourth-order valence-electron chi connectivity index (χ4n) is 5.65. The van der Waals surface area contributed by atoms with E-state index >= 15 is 0 Å². The van der Waals surface area contributed by atoms with Gasteiger partial charge in [-0.15, -0.1) is 0 Å². The number of benzene rings is 4. The Hall–Kier alpha value is -4.70. The highest BCUT2D eigenvalue weighted by atomic mass is 16.5. The lowest BCUT2D eigenvalue weighted by molar-refractivity contribution is -0.568. The summed E-state index contributed by atoms with van der Waals surface area (Å²) >= 11 is 0. The summed E-state index contributed by atoms with van der Waals surface area (Å²) in [4.78, 5) is 4.64. The molecule has 0 bridgehead atoms. The van der Waals surface area contributed by atoms with Crippen LogP contribution in [0.1, 0.15) is 43.0 Å². The van der Waals surface area contributed by atoms with Crippen molar-refractivity contribution in [1.82, 2.24) is 9.55 Å². The van der Waals surface area contributed by atoms with Gasteiger partial charge in [-0.1, -0.05) is 68.8 Å². The summed E-state index contributed by atoms with van der Waals surface area (Å²) in [6, 6.07) is 33.7. The Labute approximate surface area is 242 Å². The normalized spacial score (nSPS) is 11.7. The number of hydrogen-bond acceptors (Lipinski definition) is 2. The zero-order valence-corrected chi connectivity index (χ0v) is 24.6. The van der Waals surface area contributed by atoms with Gasteiger partial charge in [-0.05, 0) is 91.4 Å². The van der Waals surface area contributed by atoms with E-state index in [9.17, 15) is 0 Å². The number of aromatic nitrogens is 3. The summed E-state index contributed by atoms with van der Waals surface area (Å²) in [5.74, 6) is 1.56. The molecule has 2 aromatic heterocycles. The molecule has 41 heavy (non-hydrogen) atoms. The molecule has 6 rings (SSSR count). The summed E-state index contributed by atoms with van der Waals surface area (Å²) < 4.78 is 10.9. The van der Waals surface area contributed by atoms with E-state index in [2.05, 4.69) is 135 Å². The van der Waals surface area contributed by atoms with Crippen molar-refractivity contribution in [2.45, 2.75) is 47.0 Å². The van der Waals surface area contributed by atoms with Crippen LogP contribution in [0.4, 0.5) is 0 Å². The van der Waals surface area contributed by atoms with Gasteiger partial charge in [-0.2, -0.15) is 9.13 Å². The first-order chi connectivity index (χ1) is 19.7. The smallest absolute Gasteiger partial charge is 0.255 e. The maximum absolute atomic E-state index is 6.41. The minimum atomic E-state index is 0.0594. The predicted molar refractivity (Wildman–Crippen MR) is 167 cm³/mol. The van der Waals surface area contributed by atoms with Gasteiger partial charge in [0.25, 0.3) is 6.33 Å². The monoisotopic (exact) mass is 538 g/mol. The second-order valence-corrected chi connectivity index (χ2v) is 11.9. The van der Waals surface area contributed by atoms with E-state index in [-0.39, 0.29) is 5.41 Å². The van der Waals surface area contributed by atoms with E-state index in [0.717, 1.165) is 39.5 Å². The molecule has 0 fully saturated rings. The van der Waals surface area contributed by atoms with Crippen LogP contribution >= 0.6 is 0 Å². The molecule has 2 heterocycles. The zero-order valence-electron chi connectivity index (χ0n) is 24.6. The topological polar surface area (TPSA) is 30.9 Å². The number of hydrogen-bond donors (Lipinski definition) is 0. The van der Waals surface area contributed by atoms with Crippen LogP contribution in [-0.4, -0.2) is 9.55 Å². The number of ether oxygens (including phenoxy) is 1. The molecule has 0 aliphatic carbocycles. The van der Waals surface area contributed by atoms with Crippen LogP contribution in [0.5, 0.6) is 11.5 Å². The van der Waals surface area contributed by atoms with E-state index in [0.29, 0.717) is 0 Å². The lowest BCUT2D eigenvalue weighted by atomic mass is 9.87. The molecule has 204 valence electrons. The fraction of sp³-hybridized carbons (Fsp3) is 0.189. The summed E-state index contributed by atoms with van der Waals surface area (Å²) in [6.45, 7) is 13.2. The van der Waals surface area contributed by atoms with E-state index < -0.39 is 0 Å². The van der Waals surface area contributed by atoms with Crippen molar-refractivity contribution in [2.75, 3.05) is 0 Å². The molecule has 4 aromatic carbocycles. The lowest BCUT2D eigenvalue weighted by Gasteiger charge is -2.19. The second-order valence-electron chi connectivity index (χ2n) is 11.9. The molecular formula is C37H36N3O+. The number of fused-ring (bicyclic) bond motifs is 1. The molecule has 0 N–H and O–H groups in total. The molecular weight excluding hydrogens is 502 g/mol.